The molecule has 2 aliphatic rings. The van der Waals surface area contributed by atoms with E-state index in [0.29, 0.717) is 24.5 Å². The quantitative estimate of drug-likeness (QED) is 0.414. The molecule has 3 aromatic rings. The third-order valence-electron chi connectivity index (χ3n) is 7.56. The summed E-state index contributed by atoms with van der Waals surface area (Å²) in [5.41, 5.74) is 4.56. The molecule has 0 saturated heterocycles. The second-order valence-electron chi connectivity index (χ2n) is 10.5. The minimum atomic E-state index is -4.37. The molecule has 0 saturated carbocycles. The van der Waals surface area contributed by atoms with E-state index in [9.17, 15) is 18.0 Å². The van der Waals surface area contributed by atoms with Gasteiger partial charge in [-0.1, -0.05) is 44.2 Å². The first-order valence-corrected chi connectivity index (χ1v) is 12.6. The number of pyridine rings is 1. The maximum absolute atomic E-state index is 13.0. The number of likely N-dealkylation sites (N-methyl/N-ethyl adjacent to an activating group) is 1. The lowest BCUT2D eigenvalue weighted by molar-refractivity contribution is -0.137. The Labute approximate surface area is 220 Å². The molecular formula is C29H31F3N4O2. The smallest absolute Gasteiger partial charge is 0.366 e. The number of ether oxygens (including phenoxy) is 1. The lowest BCUT2D eigenvalue weighted by Gasteiger charge is -2.38. The van der Waals surface area contributed by atoms with Gasteiger partial charge < -0.3 is 20.3 Å². The average Bonchev–Trinajstić information content (AvgIpc) is 3.20. The first-order valence-electron chi connectivity index (χ1n) is 12.6. The van der Waals surface area contributed by atoms with E-state index >= 15 is 0 Å². The van der Waals surface area contributed by atoms with Gasteiger partial charge in [0.1, 0.15) is 17.5 Å². The summed E-state index contributed by atoms with van der Waals surface area (Å²) in [5, 5.41) is 6.40. The predicted octanol–water partition coefficient (Wildman–Crippen LogP) is 6.23. The summed E-state index contributed by atoms with van der Waals surface area (Å²) in [6.07, 6.45) is -4.37. The number of alkyl halides is 3. The number of hydrogen-bond acceptors (Lipinski definition) is 5. The number of carbonyl (C=O) groups excluding carboxylic acids is 1. The largest absolute Gasteiger partial charge is 0.416 e. The van der Waals surface area contributed by atoms with Crippen LogP contribution in [0.25, 0.3) is 0 Å². The molecule has 2 unspecified atom stereocenters. The number of benzene rings is 2. The van der Waals surface area contributed by atoms with Gasteiger partial charge in [-0.15, -0.1) is 0 Å². The second-order valence-corrected chi connectivity index (χ2v) is 10.5. The van der Waals surface area contributed by atoms with Gasteiger partial charge in [-0.05, 0) is 54.2 Å². The molecule has 0 radical (unpaired) electrons. The number of hydrogen-bond donors (Lipinski definition) is 2. The molecule has 1 amide bonds. The fourth-order valence-electron chi connectivity index (χ4n) is 5.50. The van der Waals surface area contributed by atoms with E-state index in [0.717, 1.165) is 45.9 Å². The van der Waals surface area contributed by atoms with E-state index in [1.807, 2.05) is 57.8 Å². The van der Waals surface area contributed by atoms with Crippen molar-refractivity contribution >= 4 is 23.1 Å². The number of nitrogens with one attached hydrogen (secondary N) is 2. The molecule has 2 atom stereocenters. The summed E-state index contributed by atoms with van der Waals surface area (Å²) >= 11 is 0. The number of carbonyl (C=O) groups is 1. The summed E-state index contributed by atoms with van der Waals surface area (Å²) in [6, 6.07) is 12.9. The van der Waals surface area contributed by atoms with E-state index < -0.39 is 17.3 Å². The van der Waals surface area contributed by atoms with E-state index in [4.69, 9.17) is 4.74 Å². The molecule has 2 aliphatic heterocycles. The maximum atomic E-state index is 13.0. The molecule has 38 heavy (non-hydrogen) atoms. The van der Waals surface area contributed by atoms with Crippen LogP contribution in [0.15, 0.2) is 48.5 Å². The van der Waals surface area contributed by atoms with Crippen LogP contribution in [0.1, 0.15) is 54.3 Å². The van der Waals surface area contributed by atoms with Crippen LogP contribution in [0.3, 0.4) is 0 Å². The summed E-state index contributed by atoms with van der Waals surface area (Å²) in [7, 11) is 1.93. The molecule has 2 aromatic carbocycles. The van der Waals surface area contributed by atoms with Crippen molar-refractivity contribution in [3.05, 3.63) is 82.0 Å². The van der Waals surface area contributed by atoms with Crippen molar-refractivity contribution in [2.24, 2.45) is 5.92 Å². The van der Waals surface area contributed by atoms with Crippen LogP contribution in [0.5, 0.6) is 0 Å². The van der Waals surface area contributed by atoms with Crippen LogP contribution >= 0.6 is 0 Å². The van der Waals surface area contributed by atoms with Gasteiger partial charge in [0.15, 0.2) is 0 Å². The number of rotatable bonds is 5. The van der Waals surface area contributed by atoms with Crippen molar-refractivity contribution in [2.45, 2.75) is 58.7 Å². The Morgan fingerprint density at radius 1 is 1.18 bits per heavy atom. The summed E-state index contributed by atoms with van der Waals surface area (Å²) < 4.78 is 45.1. The zero-order valence-electron chi connectivity index (χ0n) is 22.0. The number of aromatic nitrogens is 1. The van der Waals surface area contributed by atoms with Crippen LogP contribution < -0.4 is 15.5 Å². The van der Waals surface area contributed by atoms with Gasteiger partial charge in [-0.2, -0.15) is 13.2 Å². The Balaban J connectivity index is 1.34. The second kappa shape index (κ2) is 9.31. The Bertz CT molecular complexity index is 1390. The van der Waals surface area contributed by atoms with E-state index in [2.05, 4.69) is 21.7 Å². The highest BCUT2D eigenvalue weighted by atomic mass is 19.4. The fraction of sp³-hybridized carbons (Fsp3) is 0.379. The van der Waals surface area contributed by atoms with Gasteiger partial charge in [0.2, 0.25) is 5.91 Å². The van der Waals surface area contributed by atoms with Crippen LogP contribution in [-0.2, 0) is 34.5 Å². The monoisotopic (exact) mass is 524 g/mol. The van der Waals surface area contributed by atoms with Crippen molar-refractivity contribution in [2.75, 3.05) is 22.6 Å². The van der Waals surface area contributed by atoms with E-state index in [-0.39, 0.29) is 17.9 Å². The van der Waals surface area contributed by atoms with Crippen LogP contribution in [0.4, 0.5) is 30.4 Å². The Morgan fingerprint density at radius 3 is 2.55 bits per heavy atom. The van der Waals surface area contributed by atoms with Gasteiger partial charge >= 0.3 is 6.18 Å². The minimum Gasteiger partial charge on any atom is -0.366 e. The molecule has 6 nitrogen and oxygen atoms in total. The molecule has 200 valence electrons. The molecule has 0 fully saturated rings. The fourth-order valence-corrected chi connectivity index (χ4v) is 5.50. The van der Waals surface area contributed by atoms with Crippen LogP contribution in [0, 0.1) is 12.8 Å². The maximum Gasteiger partial charge on any atom is 0.416 e. The zero-order valence-corrected chi connectivity index (χ0v) is 22.0. The number of fused-ring (bicyclic) bond motifs is 2. The summed E-state index contributed by atoms with van der Waals surface area (Å²) in [5.74, 6) is 0.835. The van der Waals surface area contributed by atoms with Gasteiger partial charge in [-0.25, -0.2) is 4.98 Å². The van der Waals surface area contributed by atoms with Crippen molar-refractivity contribution in [1.82, 2.24) is 4.98 Å². The lowest BCUT2D eigenvalue weighted by Crippen LogP contribution is -2.49. The third kappa shape index (κ3) is 4.49. The number of halogens is 3. The number of anilines is 3. The van der Waals surface area contributed by atoms with Crippen LogP contribution in [-0.4, -0.2) is 24.0 Å². The van der Waals surface area contributed by atoms with Crippen molar-refractivity contribution in [3.8, 4) is 0 Å². The highest BCUT2D eigenvalue weighted by molar-refractivity contribution is 6.04. The Kier molecular flexibility index (Phi) is 6.38. The van der Waals surface area contributed by atoms with Crippen molar-refractivity contribution in [3.63, 3.8) is 0 Å². The summed E-state index contributed by atoms with van der Waals surface area (Å²) in [4.78, 5) is 19.2. The van der Waals surface area contributed by atoms with Gasteiger partial charge in [0.25, 0.3) is 0 Å². The molecule has 0 aliphatic carbocycles. The average molecular weight is 525 g/mol. The number of aryl methyl sites for hydroxylation is 1. The topological polar surface area (TPSA) is 66.5 Å². The molecule has 1 aromatic heterocycles. The Morgan fingerprint density at radius 2 is 1.89 bits per heavy atom. The first kappa shape index (κ1) is 26.0. The molecular weight excluding hydrogens is 493 g/mol. The Hall–Kier alpha value is -3.59. The van der Waals surface area contributed by atoms with Gasteiger partial charge in [0.05, 0.1) is 29.2 Å². The molecule has 9 heteroatoms. The van der Waals surface area contributed by atoms with E-state index in [1.165, 1.54) is 12.1 Å². The number of nitrogens with zero attached hydrogens (tertiary/aromatic N) is 2. The van der Waals surface area contributed by atoms with Gasteiger partial charge in [-0.3, -0.25) is 4.79 Å². The lowest BCUT2D eigenvalue weighted by atomic mass is 9.86. The highest BCUT2D eigenvalue weighted by Gasteiger charge is 2.38. The summed E-state index contributed by atoms with van der Waals surface area (Å²) in [6.45, 7) is 8.72. The van der Waals surface area contributed by atoms with Gasteiger partial charge in [0, 0.05) is 19.7 Å². The third-order valence-corrected chi connectivity index (χ3v) is 7.56. The number of amides is 1. The SMILES string of the molecule is Cc1nc(NCc2ccc3c(c2)COC3(C)c2ccc(C(F)(F)F)cc2)cc2c1NC(=O)C(C(C)C)N2C. The van der Waals surface area contributed by atoms with Crippen molar-refractivity contribution in [1.29, 1.82) is 0 Å². The molecule has 3 heterocycles. The standard InChI is InChI=1S/C29H31F3N4O2/c1-16(2)26-27(37)35-25-17(3)34-24(13-23(25)36(26)5)33-14-18-6-11-22-19(12-18)15-38-28(22,4)20-7-9-21(10-8-20)29(30,31)32/h6-13,16,26H,14-15H2,1-5H3,(H,33,34)(H,35,37). The predicted molar refractivity (Wildman–Crippen MR) is 141 cm³/mol. The highest BCUT2D eigenvalue weighted by Crippen LogP contribution is 2.43. The molecule has 5 rings (SSSR count). The van der Waals surface area contributed by atoms with Crippen LogP contribution in [0.2, 0.25) is 0 Å². The first-order chi connectivity index (χ1) is 17.9. The normalized spacial score (nSPS) is 20.8. The van der Waals surface area contributed by atoms with E-state index in [1.54, 1.807) is 0 Å². The zero-order chi connectivity index (χ0) is 27.4. The molecule has 0 spiro atoms. The molecule has 2 N–H and O–H groups in total. The minimum absolute atomic E-state index is 0.0238. The molecule has 0 bridgehead atoms. The van der Waals surface area contributed by atoms with Crippen molar-refractivity contribution < 1.29 is 22.7 Å².